The number of halogens is 1. The van der Waals surface area contributed by atoms with Crippen molar-refractivity contribution in [1.82, 2.24) is 5.32 Å². The summed E-state index contributed by atoms with van der Waals surface area (Å²) in [5, 5.41) is 7.12. The molecule has 1 unspecified atom stereocenters. The van der Waals surface area contributed by atoms with Crippen molar-refractivity contribution in [3.8, 4) is 0 Å². The summed E-state index contributed by atoms with van der Waals surface area (Å²) in [6, 6.07) is 8.59. The first-order valence-electron chi connectivity index (χ1n) is 6.08. The van der Waals surface area contributed by atoms with Crippen LogP contribution in [0.25, 0.3) is 0 Å². The van der Waals surface area contributed by atoms with Crippen LogP contribution in [0.5, 0.6) is 0 Å². The van der Waals surface area contributed by atoms with Gasteiger partial charge in [-0.15, -0.1) is 0 Å². The highest BCUT2D eigenvalue weighted by atomic mass is 19.1. The third kappa shape index (κ3) is 2.05. The molecule has 0 saturated carbocycles. The van der Waals surface area contributed by atoms with Crippen LogP contribution in [0.1, 0.15) is 25.7 Å². The summed E-state index contributed by atoms with van der Waals surface area (Å²) < 4.78 is 12.8. The predicted molar refractivity (Wildman–Crippen MR) is 63.0 cm³/mol. The van der Waals surface area contributed by atoms with Crippen molar-refractivity contribution in [2.24, 2.45) is 0 Å². The molecule has 3 heteroatoms. The average Bonchev–Trinajstić information content (AvgIpc) is 2.62. The minimum Gasteiger partial charge on any atom is -0.382 e. The van der Waals surface area contributed by atoms with E-state index in [1.807, 2.05) is 12.1 Å². The van der Waals surface area contributed by atoms with Crippen LogP contribution in [0.4, 0.5) is 10.1 Å². The lowest BCUT2D eigenvalue weighted by molar-refractivity contribution is 0.378. The van der Waals surface area contributed by atoms with Crippen molar-refractivity contribution in [2.45, 2.75) is 43.8 Å². The molecule has 3 atom stereocenters. The normalized spacial score (nSPS) is 32.7. The van der Waals surface area contributed by atoms with Gasteiger partial charge in [0.05, 0.1) is 0 Å². The number of piperidine rings is 1. The van der Waals surface area contributed by atoms with Crippen molar-refractivity contribution in [2.75, 3.05) is 5.32 Å². The van der Waals surface area contributed by atoms with Gasteiger partial charge in [-0.1, -0.05) is 0 Å². The summed E-state index contributed by atoms with van der Waals surface area (Å²) in [5.74, 6) is -0.170. The maximum atomic E-state index is 12.8. The summed E-state index contributed by atoms with van der Waals surface area (Å²) in [4.78, 5) is 0. The molecule has 2 saturated heterocycles. The lowest BCUT2D eigenvalue weighted by Gasteiger charge is -2.30. The topological polar surface area (TPSA) is 24.1 Å². The molecule has 0 amide bonds. The van der Waals surface area contributed by atoms with Gasteiger partial charge in [0, 0.05) is 23.8 Å². The van der Waals surface area contributed by atoms with Crippen LogP contribution in [0, 0.1) is 5.82 Å². The first-order chi connectivity index (χ1) is 7.79. The summed E-state index contributed by atoms with van der Waals surface area (Å²) in [6.07, 6.45) is 5.00. The zero-order valence-corrected chi connectivity index (χ0v) is 9.25. The second-order valence-corrected chi connectivity index (χ2v) is 4.96. The van der Waals surface area contributed by atoms with Crippen molar-refractivity contribution < 1.29 is 4.39 Å². The molecule has 1 aromatic rings. The predicted octanol–water partition coefficient (Wildman–Crippen LogP) is 2.52. The molecule has 2 aliphatic heterocycles. The van der Waals surface area contributed by atoms with Gasteiger partial charge in [-0.3, -0.25) is 0 Å². The summed E-state index contributed by atoms with van der Waals surface area (Å²) >= 11 is 0. The monoisotopic (exact) mass is 220 g/mol. The molecule has 2 N–H and O–H groups in total. The van der Waals surface area contributed by atoms with Gasteiger partial charge in [-0.05, 0) is 49.9 Å². The van der Waals surface area contributed by atoms with Crippen molar-refractivity contribution in [3.63, 3.8) is 0 Å². The van der Waals surface area contributed by atoms with Gasteiger partial charge in [-0.2, -0.15) is 0 Å². The molecule has 86 valence electrons. The molecule has 0 aromatic heterocycles. The highest BCUT2D eigenvalue weighted by Gasteiger charge is 2.33. The van der Waals surface area contributed by atoms with Crippen LogP contribution in [0.2, 0.25) is 0 Å². The molecule has 16 heavy (non-hydrogen) atoms. The van der Waals surface area contributed by atoms with E-state index in [9.17, 15) is 4.39 Å². The third-order valence-corrected chi connectivity index (χ3v) is 3.69. The van der Waals surface area contributed by atoms with Crippen LogP contribution in [0.3, 0.4) is 0 Å². The Balaban J connectivity index is 1.64. The van der Waals surface area contributed by atoms with E-state index < -0.39 is 0 Å². The van der Waals surface area contributed by atoms with Gasteiger partial charge in [0.1, 0.15) is 5.82 Å². The Labute approximate surface area is 95.2 Å². The average molecular weight is 220 g/mol. The summed E-state index contributed by atoms with van der Waals surface area (Å²) in [5.41, 5.74) is 1.03. The molecular weight excluding hydrogens is 203 g/mol. The molecule has 0 spiro atoms. The van der Waals surface area contributed by atoms with Crippen LogP contribution in [-0.2, 0) is 0 Å². The van der Waals surface area contributed by atoms with Crippen molar-refractivity contribution in [3.05, 3.63) is 30.1 Å². The molecular formula is C13H17FN2. The lowest BCUT2D eigenvalue weighted by Crippen LogP contribution is -2.43. The number of fused-ring (bicyclic) bond motifs is 2. The van der Waals surface area contributed by atoms with Gasteiger partial charge in [0.2, 0.25) is 0 Å². The summed E-state index contributed by atoms with van der Waals surface area (Å²) in [6.45, 7) is 0. The standard InChI is InChI=1S/C13H17FN2/c14-9-1-3-10(4-2-9)15-13-7-11-5-6-12(8-13)16-11/h1-4,11-13,15-16H,5-8H2/t11-,12+,13?. The van der Waals surface area contributed by atoms with E-state index in [-0.39, 0.29) is 5.82 Å². The highest BCUT2D eigenvalue weighted by molar-refractivity contribution is 5.44. The largest absolute Gasteiger partial charge is 0.382 e. The SMILES string of the molecule is Fc1ccc(NC2C[C@H]3CC[C@@H](C2)N3)cc1. The molecule has 2 heterocycles. The van der Waals surface area contributed by atoms with E-state index in [0.29, 0.717) is 18.1 Å². The smallest absolute Gasteiger partial charge is 0.123 e. The fourth-order valence-electron chi connectivity index (χ4n) is 2.96. The van der Waals surface area contributed by atoms with E-state index in [1.165, 1.54) is 37.8 Å². The fourth-order valence-corrected chi connectivity index (χ4v) is 2.96. The fraction of sp³-hybridized carbons (Fsp3) is 0.538. The Morgan fingerprint density at radius 1 is 1.06 bits per heavy atom. The van der Waals surface area contributed by atoms with Crippen molar-refractivity contribution >= 4 is 5.69 Å². The van der Waals surface area contributed by atoms with Crippen LogP contribution < -0.4 is 10.6 Å². The second-order valence-electron chi connectivity index (χ2n) is 4.96. The molecule has 2 bridgehead atoms. The van der Waals surface area contributed by atoms with Crippen LogP contribution >= 0.6 is 0 Å². The molecule has 3 rings (SSSR count). The van der Waals surface area contributed by atoms with E-state index >= 15 is 0 Å². The maximum absolute atomic E-state index is 12.8. The van der Waals surface area contributed by atoms with Gasteiger partial charge >= 0.3 is 0 Å². The maximum Gasteiger partial charge on any atom is 0.123 e. The van der Waals surface area contributed by atoms with E-state index in [2.05, 4.69) is 10.6 Å². The zero-order valence-electron chi connectivity index (χ0n) is 9.25. The van der Waals surface area contributed by atoms with Crippen LogP contribution in [0.15, 0.2) is 24.3 Å². The Morgan fingerprint density at radius 3 is 2.31 bits per heavy atom. The Kier molecular flexibility index (Phi) is 2.56. The third-order valence-electron chi connectivity index (χ3n) is 3.69. The quantitative estimate of drug-likeness (QED) is 0.800. The Morgan fingerprint density at radius 2 is 1.69 bits per heavy atom. The van der Waals surface area contributed by atoms with E-state index in [1.54, 1.807) is 0 Å². The number of hydrogen-bond donors (Lipinski definition) is 2. The number of nitrogens with one attached hydrogen (secondary N) is 2. The van der Waals surface area contributed by atoms with E-state index in [4.69, 9.17) is 0 Å². The van der Waals surface area contributed by atoms with Crippen molar-refractivity contribution in [1.29, 1.82) is 0 Å². The second kappa shape index (κ2) is 4.06. The van der Waals surface area contributed by atoms with E-state index in [0.717, 1.165) is 5.69 Å². The Hall–Kier alpha value is -1.09. The lowest BCUT2D eigenvalue weighted by atomic mass is 9.99. The molecule has 0 aliphatic carbocycles. The molecule has 1 aromatic carbocycles. The van der Waals surface area contributed by atoms with Gasteiger partial charge in [0.25, 0.3) is 0 Å². The Bertz CT molecular complexity index is 351. The van der Waals surface area contributed by atoms with Gasteiger partial charge in [-0.25, -0.2) is 4.39 Å². The minimum absolute atomic E-state index is 0.170. The number of anilines is 1. The number of rotatable bonds is 2. The first-order valence-corrected chi connectivity index (χ1v) is 6.08. The molecule has 0 radical (unpaired) electrons. The first kappa shape index (κ1) is 10.1. The number of benzene rings is 1. The van der Waals surface area contributed by atoms with Crippen LogP contribution in [-0.4, -0.2) is 18.1 Å². The minimum atomic E-state index is -0.170. The molecule has 2 nitrogen and oxygen atoms in total. The zero-order chi connectivity index (χ0) is 11.0. The number of hydrogen-bond acceptors (Lipinski definition) is 2. The molecule has 2 aliphatic rings. The summed E-state index contributed by atoms with van der Waals surface area (Å²) in [7, 11) is 0. The van der Waals surface area contributed by atoms with Gasteiger partial charge in [0.15, 0.2) is 0 Å². The highest BCUT2D eigenvalue weighted by Crippen LogP contribution is 2.28. The molecule has 2 fully saturated rings. The van der Waals surface area contributed by atoms with Gasteiger partial charge < -0.3 is 10.6 Å².